The predicted octanol–water partition coefficient (Wildman–Crippen LogP) is 6.58. The number of benzene rings is 2. The lowest BCUT2D eigenvalue weighted by molar-refractivity contribution is -0.121. The fourth-order valence-electron chi connectivity index (χ4n) is 6.25. The molecule has 0 radical (unpaired) electrons. The predicted molar refractivity (Wildman–Crippen MR) is 151 cm³/mol. The third-order valence-electron chi connectivity index (χ3n) is 8.50. The molecule has 2 aliphatic carbocycles. The number of carbonyl (C=O) groups excluding carboxylic acids is 2. The molecule has 0 saturated heterocycles. The lowest BCUT2D eigenvalue weighted by Crippen LogP contribution is -2.28. The summed E-state index contributed by atoms with van der Waals surface area (Å²) in [5.41, 5.74) is 4.93. The second-order valence-electron chi connectivity index (χ2n) is 11.2. The molecule has 1 unspecified atom stereocenters. The van der Waals surface area contributed by atoms with Crippen molar-refractivity contribution in [1.82, 2.24) is 9.97 Å². The molecule has 7 nitrogen and oxygen atoms in total. The number of fused-ring (bicyclic) bond motifs is 1. The lowest BCUT2D eigenvalue weighted by atomic mass is 9.76. The van der Waals surface area contributed by atoms with E-state index in [1.54, 1.807) is 19.5 Å². The van der Waals surface area contributed by atoms with Crippen LogP contribution in [0.1, 0.15) is 77.8 Å². The summed E-state index contributed by atoms with van der Waals surface area (Å²) in [6.45, 7) is 4.40. The maximum absolute atomic E-state index is 13.8. The van der Waals surface area contributed by atoms with Crippen LogP contribution in [0.3, 0.4) is 0 Å². The van der Waals surface area contributed by atoms with Gasteiger partial charge < -0.3 is 19.8 Å². The Hall–Kier alpha value is -3.61. The van der Waals surface area contributed by atoms with Gasteiger partial charge in [0.2, 0.25) is 5.91 Å². The normalized spacial score (nSPS) is 21.1. The Labute approximate surface area is 230 Å². The van der Waals surface area contributed by atoms with Gasteiger partial charge in [0.1, 0.15) is 23.9 Å². The molecule has 1 fully saturated rings. The first-order valence-corrected chi connectivity index (χ1v) is 14.2. The number of rotatable bonds is 8. The van der Waals surface area contributed by atoms with Crippen molar-refractivity contribution >= 4 is 17.4 Å². The maximum Gasteiger partial charge on any atom is 0.227 e. The molecule has 1 heterocycles. The van der Waals surface area contributed by atoms with Gasteiger partial charge in [-0.1, -0.05) is 6.07 Å². The third kappa shape index (κ3) is 6.35. The fourth-order valence-corrected chi connectivity index (χ4v) is 6.25. The lowest BCUT2D eigenvalue weighted by Gasteiger charge is -2.30. The number of aromatic amines is 1. The van der Waals surface area contributed by atoms with E-state index >= 15 is 0 Å². The third-order valence-corrected chi connectivity index (χ3v) is 8.50. The molecule has 2 aromatic carbocycles. The molecular weight excluding hydrogens is 490 g/mol. The first kappa shape index (κ1) is 27.0. The van der Waals surface area contributed by atoms with Gasteiger partial charge in [-0.2, -0.15) is 0 Å². The van der Waals surface area contributed by atoms with E-state index in [0.29, 0.717) is 12.5 Å². The molecule has 2 N–H and O–H groups in total. The van der Waals surface area contributed by atoms with Gasteiger partial charge in [-0.05, 0) is 106 Å². The zero-order valence-corrected chi connectivity index (χ0v) is 23.2. The van der Waals surface area contributed by atoms with Gasteiger partial charge in [-0.25, -0.2) is 4.98 Å². The van der Waals surface area contributed by atoms with Crippen molar-refractivity contribution in [2.45, 2.75) is 71.8 Å². The number of hydrogen-bond donors (Lipinski definition) is 2. The molecule has 0 bridgehead atoms. The Balaban J connectivity index is 1.18. The van der Waals surface area contributed by atoms with Gasteiger partial charge in [0, 0.05) is 41.5 Å². The highest BCUT2D eigenvalue weighted by atomic mass is 16.5. The number of amides is 1. The summed E-state index contributed by atoms with van der Waals surface area (Å²) < 4.78 is 11.4. The molecule has 0 aliphatic heterocycles. The number of aryl methyl sites for hydroxylation is 2. The number of H-pyrrole nitrogens is 1. The number of anilines is 1. The van der Waals surface area contributed by atoms with E-state index in [-0.39, 0.29) is 23.5 Å². The van der Waals surface area contributed by atoms with E-state index in [4.69, 9.17) is 9.47 Å². The molecule has 1 amide bonds. The Kier molecular flexibility index (Phi) is 8.34. The molecule has 1 aromatic heterocycles. The number of nitrogens with zero attached hydrogens (tertiary/aromatic N) is 1. The van der Waals surface area contributed by atoms with Crippen LogP contribution in [0.25, 0.3) is 0 Å². The number of aromatic nitrogens is 2. The second kappa shape index (κ2) is 12.1. The van der Waals surface area contributed by atoms with E-state index in [1.165, 1.54) is 5.56 Å². The van der Waals surface area contributed by atoms with Crippen LogP contribution in [0.15, 0.2) is 42.7 Å². The summed E-state index contributed by atoms with van der Waals surface area (Å²) in [7, 11) is 1.64. The number of Topliss-reactive ketones (excluding diaryl/α,β-unsaturated/α-hetero) is 1. The highest BCUT2D eigenvalue weighted by molar-refractivity contribution is 6.00. The van der Waals surface area contributed by atoms with Gasteiger partial charge >= 0.3 is 0 Å². The van der Waals surface area contributed by atoms with Crippen LogP contribution in [0.2, 0.25) is 0 Å². The van der Waals surface area contributed by atoms with Gasteiger partial charge in [-0.15, -0.1) is 0 Å². The quantitative estimate of drug-likeness (QED) is 0.321. The van der Waals surface area contributed by atoms with E-state index in [1.807, 2.05) is 37.3 Å². The monoisotopic (exact) mass is 529 g/mol. The molecular formula is C32H39N3O4. The van der Waals surface area contributed by atoms with Crippen molar-refractivity contribution in [1.29, 1.82) is 0 Å². The van der Waals surface area contributed by atoms with E-state index < -0.39 is 0 Å². The SMILES string of the molecule is COc1cc(NC(=O)C2CCC(CC3CCCc4c(C)cc(OCc5ncc[nH]5)cc4C3=O)CC2)ccc1C. The summed E-state index contributed by atoms with van der Waals surface area (Å²) in [6.07, 6.45) is 10.9. The Bertz CT molecular complexity index is 1310. The first-order chi connectivity index (χ1) is 18.9. The minimum absolute atomic E-state index is 0.00984. The molecule has 1 atom stereocenters. The van der Waals surface area contributed by atoms with Crippen molar-refractivity contribution in [3.05, 3.63) is 70.8 Å². The maximum atomic E-state index is 13.8. The number of methoxy groups -OCH3 is 1. The van der Waals surface area contributed by atoms with E-state index in [9.17, 15) is 9.59 Å². The highest BCUT2D eigenvalue weighted by Crippen LogP contribution is 2.38. The number of hydrogen-bond acceptors (Lipinski definition) is 5. The van der Waals surface area contributed by atoms with E-state index in [2.05, 4.69) is 22.2 Å². The summed E-state index contributed by atoms with van der Waals surface area (Å²) in [5, 5.41) is 3.08. The summed E-state index contributed by atoms with van der Waals surface area (Å²) in [6, 6.07) is 9.74. The zero-order chi connectivity index (χ0) is 27.4. The van der Waals surface area contributed by atoms with Gasteiger partial charge in [-0.3, -0.25) is 9.59 Å². The average molecular weight is 530 g/mol. The number of ketones is 1. The molecule has 7 heteroatoms. The minimum Gasteiger partial charge on any atom is -0.496 e. The molecule has 39 heavy (non-hydrogen) atoms. The first-order valence-electron chi connectivity index (χ1n) is 14.2. The van der Waals surface area contributed by atoms with Gasteiger partial charge in [0.05, 0.1) is 7.11 Å². The van der Waals surface area contributed by atoms with Crippen molar-refractivity contribution < 1.29 is 19.1 Å². The standard InChI is InChI=1S/C32H39N3O4/c1-20-7-12-25(17-29(20)38-3)35-32(37)23-10-8-22(9-11-23)16-24-5-4-6-27-21(2)15-26(18-28(27)31(24)36)39-19-30-33-13-14-34-30/h7,12-15,17-18,22-24H,4-6,8-11,16,19H2,1-3H3,(H,33,34)(H,35,37). The van der Waals surface area contributed by atoms with Crippen molar-refractivity contribution in [2.24, 2.45) is 17.8 Å². The zero-order valence-electron chi connectivity index (χ0n) is 23.2. The van der Waals surface area contributed by atoms with Crippen LogP contribution in [-0.2, 0) is 17.8 Å². The van der Waals surface area contributed by atoms with Crippen LogP contribution in [0, 0.1) is 31.6 Å². The number of carbonyl (C=O) groups is 2. The van der Waals surface area contributed by atoms with E-state index in [0.717, 1.165) is 91.1 Å². The minimum atomic E-state index is 0.00984. The van der Waals surface area contributed by atoms with Gasteiger partial charge in [0.15, 0.2) is 5.78 Å². The Morgan fingerprint density at radius 1 is 1.08 bits per heavy atom. The largest absolute Gasteiger partial charge is 0.496 e. The summed E-state index contributed by atoms with van der Waals surface area (Å²) in [5.74, 6) is 3.10. The highest BCUT2D eigenvalue weighted by Gasteiger charge is 2.32. The number of nitrogens with one attached hydrogen (secondary N) is 2. The molecule has 206 valence electrons. The average Bonchev–Trinajstić information content (AvgIpc) is 3.41. The van der Waals surface area contributed by atoms with Crippen LogP contribution in [0.4, 0.5) is 5.69 Å². The number of imidazole rings is 1. The van der Waals surface area contributed by atoms with Crippen LogP contribution < -0.4 is 14.8 Å². The van der Waals surface area contributed by atoms with Crippen LogP contribution in [-0.4, -0.2) is 28.8 Å². The number of ether oxygens (including phenoxy) is 2. The molecule has 2 aliphatic rings. The Morgan fingerprint density at radius 3 is 2.64 bits per heavy atom. The van der Waals surface area contributed by atoms with Crippen molar-refractivity contribution in [3.8, 4) is 11.5 Å². The summed E-state index contributed by atoms with van der Waals surface area (Å²) >= 11 is 0. The second-order valence-corrected chi connectivity index (χ2v) is 11.2. The van der Waals surface area contributed by atoms with Crippen LogP contribution >= 0.6 is 0 Å². The van der Waals surface area contributed by atoms with Crippen molar-refractivity contribution in [2.75, 3.05) is 12.4 Å². The Morgan fingerprint density at radius 2 is 1.90 bits per heavy atom. The fraction of sp³-hybridized carbons (Fsp3) is 0.469. The van der Waals surface area contributed by atoms with Crippen molar-refractivity contribution in [3.63, 3.8) is 0 Å². The van der Waals surface area contributed by atoms with Crippen LogP contribution in [0.5, 0.6) is 11.5 Å². The van der Waals surface area contributed by atoms with Gasteiger partial charge in [0.25, 0.3) is 0 Å². The molecule has 5 rings (SSSR count). The molecule has 0 spiro atoms. The molecule has 3 aromatic rings. The summed E-state index contributed by atoms with van der Waals surface area (Å²) in [4.78, 5) is 34.0. The topological polar surface area (TPSA) is 93.3 Å². The molecule has 1 saturated carbocycles. The smallest absolute Gasteiger partial charge is 0.227 e.